The van der Waals surface area contributed by atoms with E-state index in [1.165, 1.54) is 0 Å². The van der Waals surface area contributed by atoms with E-state index in [0.717, 1.165) is 46.2 Å². The zero-order valence-electron chi connectivity index (χ0n) is 14.0. The van der Waals surface area contributed by atoms with Crippen LogP contribution in [0.3, 0.4) is 0 Å². The maximum Gasteiger partial charge on any atom is 0.224 e. The molecule has 1 aliphatic carbocycles. The maximum atomic E-state index is 12.5. The number of carbonyl (C=O) groups excluding carboxylic acids is 1. The van der Waals surface area contributed by atoms with Crippen molar-refractivity contribution in [3.8, 4) is 11.5 Å². The Bertz CT molecular complexity index is 945. The molecule has 1 amide bonds. The molecule has 1 aromatic heterocycles. The fraction of sp³-hybridized carbons (Fsp3) is 0.250. The first-order chi connectivity index (χ1) is 12.2. The van der Waals surface area contributed by atoms with Crippen molar-refractivity contribution in [3.63, 3.8) is 0 Å². The number of benzene rings is 2. The van der Waals surface area contributed by atoms with Gasteiger partial charge in [0.2, 0.25) is 5.91 Å². The Kier molecular flexibility index (Phi) is 3.84. The number of methoxy groups -OCH3 is 1. The van der Waals surface area contributed by atoms with Gasteiger partial charge >= 0.3 is 0 Å². The molecule has 0 fully saturated rings. The lowest BCUT2D eigenvalue weighted by atomic mass is 10.1. The molecular weight excluding hydrogens is 316 g/mol. The van der Waals surface area contributed by atoms with Crippen LogP contribution >= 0.6 is 0 Å². The Labute approximate surface area is 145 Å². The zero-order valence-corrected chi connectivity index (χ0v) is 14.0. The molecule has 0 unspecified atom stereocenters. The van der Waals surface area contributed by atoms with E-state index in [1.54, 1.807) is 13.2 Å². The highest BCUT2D eigenvalue weighted by Gasteiger charge is 2.26. The molecule has 0 spiro atoms. The smallest absolute Gasteiger partial charge is 0.224 e. The number of phenols is 1. The number of H-pyrrole nitrogens is 1. The Balaban J connectivity index is 1.52. The van der Waals surface area contributed by atoms with Crippen molar-refractivity contribution in [1.82, 2.24) is 10.3 Å². The van der Waals surface area contributed by atoms with Crippen molar-refractivity contribution in [2.75, 3.05) is 7.11 Å². The van der Waals surface area contributed by atoms with Gasteiger partial charge in [-0.3, -0.25) is 4.79 Å². The maximum absolute atomic E-state index is 12.5. The van der Waals surface area contributed by atoms with Crippen molar-refractivity contribution < 1.29 is 14.6 Å². The zero-order chi connectivity index (χ0) is 17.4. The monoisotopic (exact) mass is 336 g/mol. The van der Waals surface area contributed by atoms with E-state index in [-0.39, 0.29) is 11.9 Å². The highest BCUT2D eigenvalue weighted by atomic mass is 16.5. The van der Waals surface area contributed by atoms with Crippen LogP contribution in [-0.2, 0) is 17.6 Å². The molecule has 0 aliphatic heterocycles. The second-order valence-electron chi connectivity index (χ2n) is 6.41. The minimum atomic E-state index is -0.0330. The third-order valence-corrected chi connectivity index (χ3v) is 4.91. The first-order valence-corrected chi connectivity index (χ1v) is 8.40. The highest BCUT2D eigenvalue weighted by Crippen LogP contribution is 2.36. The largest absolute Gasteiger partial charge is 0.508 e. The summed E-state index contributed by atoms with van der Waals surface area (Å²) in [5, 5.41) is 14.0. The van der Waals surface area contributed by atoms with E-state index in [1.807, 2.05) is 36.5 Å². The number of fused-ring (bicyclic) bond motifs is 2. The normalized spacial score (nSPS) is 16.0. The number of rotatable bonds is 4. The molecule has 2 aromatic carbocycles. The van der Waals surface area contributed by atoms with Gasteiger partial charge in [0.1, 0.15) is 11.5 Å². The van der Waals surface area contributed by atoms with Gasteiger partial charge < -0.3 is 20.1 Å². The van der Waals surface area contributed by atoms with Crippen LogP contribution in [-0.4, -0.2) is 23.1 Å². The summed E-state index contributed by atoms with van der Waals surface area (Å²) in [6.07, 6.45) is 3.79. The second-order valence-corrected chi connectivity index (χ2v) is 6.41. The molecule has 0 radical (unpaired) electrons. The topological polar surface area (TPSA) is 74.4 Å². The molecule has 1 heterocycles. The summed E-state index contributed by atoms with van der Waals surface area (Å²) in [6.45, 7) is 0. The van der Waals surface area contributed by atoms with E-state index >= 15 is 0 Å². The Morgan fingerprint density at radius 3 is 3.08 bits per heavy atom. The summed E-state index contributed by atoms with van der Waals surface area (Å²) >= 11 is 0. The third kappa shape index (κ3) is 2.82. The average molecular weight is 336 g/mol. The second kappa shape index (κ2) is 6.16. The van der Waals surface area contributed by atoms with Crippen molar-refractivity contribution >= 4 is 16.8 Å². The summed E-state index contributed by atoms with van der Waals surface area (Å²) in [4.78, 5) is 15.7. The van der Waals surface area contributed by atoms with Crippen LogP contribution in [0, 0.1) is 0 Å². The fourth-order valence-electron chi connectivity index (χ4n) is 3.63. The van der Waals surface area contributed by atoms with Gasteiger partial charge in [0.15, 0.2) is 0 Å². The minimum Gasteiger partial charge on any atom is -0.508 e. The molecule has 0 bridgehead atoms. The van der Waals surface area contributed by atoms with Crippen LogP contribution in [0.4, 0.5) is 0 Å². The first-order valence-electron chi connectivity index (χ1n) is 8.40. The van der Waals surface area contributed by atoms with E-state index in [0.29, 0.717) is 12.2 Å². The molecule has 128 valence electrons. The van der Waals surface area contributed by atoms with Crippen LogP contribution < -0.4 is 10.1 Å². The summed E-state index contributed by atoms with van der Waals surface area (Å²) in [5.41, 5.74) is 3.90. The van der Waals surface area contributed by atoms with Gasteiger partial charge in [-0.25, -0.2) is 0 Å². The number of phenolic OH excluding ortho intramolecular Hbond substituents is 1. The molecule has 4 rings (SSSR count). The first kappa shape index (κ1) is 15.6. The number of hydrogen-bond acceptors (Lipinski definition) is 3. The Hall–Kier alpha value is -2.95. The molecule has 1 atom stereocenters. The number of aromatic hydroxyl groups is 1. The number of amides is 1. The van der Waals surface area contributed by atoms with E-state index in [2.05, 4.69) is 10.3 Å². The van der Waals surface area contributed by atoms with Gasteiger partial charge in [-0.15, -0.1) is 0 Å². The molecule has 5 heteroatoms. The van der Waals surface area contributed by atoms with Gasteiger partial charge in [0, 0.05) is 17.1 Å². The Morgan fingerprint density at radius 2 is 2.24 bits per heavy atom. The van der Waals surface area contributed by atoms with E-state index < -0.39 is 0 Å². The molecule has 0 saturated heterocycles. The molecule has 25 heavy (non-hydrogen) atoms. The lowest BCUT2D eigenvalue weighted by molar-refractivity contribution is -0.121. The summed E-state index contributed by atoms with van der Waals surface area (Å²) in [5.74, 6) is 1.07. The predicted octanol–water partition coefficient (Wildman–Crippen LogP) is 3.23. The number of hydrogen-bond donors (Lipinski definition) is 3. The summed E-state index contributed by atoms with van der Waals surface area (Å²) < 4.78 is 5.27. The van der Waals surface area contributed by atoms with E-state index in [9.17, 15) is 9.90 Å². The van der Waals surface area contributed by atoms with Crippen molar-refractivity contribution in [3.05, 3.63) is 59.3 Å². The highest BCUT2D eigenvalue weighted by molar-refractivity contribution is 5.90. The van der Waals surface area contributed by atoms with Crippen LogP contribution in [0.25, 0.3) is 10.9 Å². The molecule has 3 N–H and O–H groups in total. The molecule has 1 aliphatic rings. The lowest BCUT2D eigenvalue weighted by Gasteiger charge is -2.14. The SMILES string of the molecule is COc1ccc2[nH]cc(CC(=O)N[C@@H]3CCc4c(O)cccc43)c2c1. The predicted molar refractivity (Wildman–Crippen MR) is 95.9 cm³/mol. The summed E-state index contributed by atoms with van der Waals surface area (Å²) in [7, 11) is 1.63. The van der Waals surface area contributed by atoms with Crippen molar-refractivity contribution in [1.29, 1.82) is 0 Å². The minimum absolute atomic E-state index is 0.0232. The van der Waals surface area contributed by atoms with Crippen LogP contribution in [0.5, 0.6) is 11.5 Å². The molecule has 3 aromatic rings. The van der Waals surface area contributed by atoms with Gasteiger partial charge in [-0.2, -0.15) is 0 Å². The van der Waals surface area contributed by atoms with Gasteiger partial charge in [-0.05, 0) is 53.8 Å². The van der Waals surface area contributed by atoms with Crippen LogP contribution in [0.15, 0.2) is 42.6 Å². The molecule has 5 nitrogen and oxygen atoms in total. The van der Waals surface area contributed by atoms with Gasteiger partial charge in [0.05, 0.1) is 19.6 Å². The van der Waals surface area contributed by atoms with Gasteiger partial charge in [0.25, 0.3) is 0 Å². The Morgan fingerprint density at radius 1 is 1.36 bits per heavy atom. The van der Waals surface area contributed by atoms with Crippen molar-refractivity contribution in [2.24, 2.45) is 0 Å². The lowest BCUT2D eigenvalue weighted by Crippen LogP contribution is -2.28. The molecular formula is C20H20N2O3. The number of ether oxygens (including phenoxy) is 1. The number of aromatic amines is 1. The van der Waals surface area contributed by atoms with Crippen LogP contribution in [0.2, 0.25) is 0 Å². The van der Waals surface area contributed by atoms with Crippen LogP contribution in [0.1, 0.15) is 29.2 Å². The quantitative estimate of drug-likeness (QED) is 0.685. The molecule has 0 saturated carbocycles. The fourth-order valence-corrected chi connectivity index (χ4v) is 3.63. The standard InChI is InChI=1S/C20H20N2O3/c1-25-13-5-7-17-16(10-13)12(11-21-17)9-20(24)22-18-8-6-15-14(18)3-2-4-19(15)23/h2-5,7,10-11,18,21,23H,6,8-9H2,1H3,(H,22,24)/t18-/m1/s1. The average Bonchev–Trinajstić information content (AvgIpc) is 3.20. The van der Waals surface area contributed by atoms with Crippen molar-refractivity contribution in [2.45, 2.75) is 25.3 Å². The summed E-state index contributed by atoms with van der Waals surface area (Å²) in [6, 6.07) is 11.2. The number of carbonyl (C=O) groups is 1. The number of aromatic nitrogens is 1. The van der Waals surface area contributed by atoms with E-state index in [4.69, 9.17) is 4.74 Å². The number of nitrogens with one attached hydrogen (secondary N) is 2. The van der Waals surface area contributed by atoms with Gasteiger partial charge in [-0.1, -0.05) is 12.1 Å². The third-order valence-electron chi connectivity index (χ3n) is 4.91.